The molecule has 0 aliphatic carbocycles. The van der Waals surface area contributed by atoms with Crippen LogP contribution in [0.25, 0.3) is 76.7 Å². The Morgan fingerprint density at radius 1 is 0.449 bits per heavy atom. The van der Waals surface area contributed by atoms with Crippen molar-refractivity contribution in [3.63, 3.8) is 0 Å². The molecule has 1 N–H and O–H groups in total. The Morgan fingerprint density at radius 3 is 1.82 bits per heavy atom. The van der Waals surface area contributed by atoms with Gasteiger partial charge in [0.1, 0.15) is 6.17 Å². The lowest BCUT2D eigenvalue weighted by atomic mass is 9.95. The van der Waals surface area contributed by atoms with E-state index >= 15 is 0 Å². The molecule has 0 spiro atoms. The number of aromatic nitrogens is 1. The summed E-state index contributed by atoms with van der Waals surface area (Å²) in [5.41, 5.74) is 14.2. The molecule has 8 aromatic carbocycles. The molecule has 9 aromatic rings. The van der Waals surface area contributed by atoms with E-state index in [4.69, 9.17) is 4.99 Å². The molecule has 2 aliphatic heterocycles. The Morgan fingerprint density at radius 2 is 1.04 bits per heavy atom. The van der Waals surface area contributed by atoms with E-state index in [1.165, 1.54) is 82.3 Å². The molecule has 0 bridgehead atoms. The molecule has 1 aromatic heterocycles. The number of nitrogens with zero attached hydrogens (tertiary/aromatic N) is 2. The van der Waals surface area contributed by atoms with Crippen LogP contribution in [0, 0.1) is 0 Å². The van der Waals surface area contributed by atoms with Crippen molar-refractivity contribution in [2.75, 3.05) is 5.32 Å². The maximum atomic E-state index is 5.11. The average molecular weight is 624 g/mol. The van der Waals surface area contributed by atoms with Gasteiger partial charge in [-0.15, -0.1) is 0 Å². The monoisotopic (exact) mass is 623 g/mol. The number of benzene rings is 8. The molecule has 2 aliphatic rings. The highest BCUT2D eigenvalue weighted by molar-refractivity contribution is 6.24. The van der Waals surface area contributed by atoms with Gasteiger partial charge < -0.3 is 9.88 Å². The van der Waals surface area contributed by atoms with Crippen molar-refractivity contribution in [3.8, 4) is 33.4 Å². The highest BCUT2D eigenvalue weighted by Gasteiger charge is 2.35. The number of fused-ring (bicyclic) bond motifs is 9. The van der Waals surface area contributed by atoms with Crippen LogP contribution in [0.5, 0.6) is 0 Å². The van der Waals surface area contributed by atoms with E-state index in [1.54, 1.807) is 0 Å². The molecule has 3 heterocycles. The predicted molar refractivity (Wildman–Crippen MR) is 206 cm³/mol. The standard InChI is InChI=1S/C46H29N3/c1-2-8-29-23-33(16-15-28(29)7-1)35-20-19-34-25-32(17-18-36(34)26-35)30-9-5-10-31(24-30)37-21-22-43-40(27-37)38-11-6-12-39-44-46(49(43)45(38)39)48-42-14-4-3-13-41(42)47-44/h1-27,46,48H. The maximum Gasteiger partial charge on any atom is 0.148 e. The summed E-state index contributed by atoms with van der Waals surface area (Å²) in [6.07, 6.45) is -0.0157. The molecule has 1 atom stereocenters. The van der Waals surface area contributed by atoms with Gasteiger partial charge in [0.15, 0.2) is 0 Å². The number of para-hydroxylation sites is 3. The van der Waals surface area contributed by atoms with Gasteiger partial charge in [0.25, 0.3) is 0 Å². The topological polar surface area (TPSA) is 29.3 Å². The van der Waals surface area contributed by atoms with Crippen LogP contribution in [0.2, 0.25) is 0 Å². The zero-order valence-electron chi connectivity index (χ0n) is 26.6. The molecule has 3 nitrogen and oxygen atoms in total. The first-order chi connectivity index (χ1) is 24.2. The van der Waals surface area contributed by atoms with Crippen molar-refractivity contribution in [1.29, 1.82) is 0 Å². The van der Waals surface area contributed by atoms with Gasteiger partial charge in [-0.1, -0.05) is 115 Å². The lowest BCUT2D eigenvalue weighted by Crippen LogP contribution is -2.24. The number of hydrogen-bond donors (Lipinski definition) is 1. The first-order valence-electron chi connectivity index (χ1n) is 16.9. The molecule has 0 saturated heterocycles. The van der Waals surface area contributed by atoms with Gasteiger partial charge in [0.05, 0.1) is 28.1 Å². The van der Waals surface area contributed by atoms with E-state index in [1.807, 2.05) is 0 Å². The summed E-state index contributed by atoms with van der Waals surface area (Å²) in [6, 6.07) is 59.7. The second-order valence-corrected chi connectivity index (χ2v) is 13.3. The van der Waals surface area contributed by atoms with Crippen molar-refractivity contribution in [3.05, 3.63) is 169 Å². The smallest absolute Gasteiger partial charge is 0.148 e. The number of aliphatic imine (C=N–C) groups is 1. The summed E-state index contributed by atoms with van der Waals surface area (Å²) in [5.74, 6) is 0. The third-order valence-electron chi connectivity index (χ3n) is 10.5. The molecule has 0 fully saturated rings. The number of rotatable bonds is 3. The predicted octanol–water partition coefficient (Wildman–Crippen LogP) is 12.2. The van der Waals surface area contributed by atoms with Crippen molar-refractivity contribution >= 4 is 60.4 Å². The second-order valence-electron chi connectivity index (χ2n) is 13.3. The Labute approximate surface area is 283 Å². The molecule has 228 valence electrons. The number of anilines is 1. The zero-order valence-corrected chi connectivity index (χ0v) is 26.6. The van der Waals surface area contributed by atoms with Crippen molar-refractivity contribution in [1.82, 2.24) is 4.57 Å². The molecule has 0 radical (unpaired) electrons. The van der Waals surface area contributed by atoms with E-state index < -0.39 is 0 Å². The third-order valence-corrected chi connectivity index (χ3v) is 10.5. The van der Waals surface area contributed by atoms with Crippen LogP contribution in [-0.2, 0) is 0 Å². The van der Waals surface area contributed by atoms with Crippen LogP contribution in [-0.4, -0.2) is 10.3 Å². The fourth-order valence-electron chi connectivity index (χ4n) is 8.10. The second kappa shape index (κ2) is 10.0. The zero-order chi connectivity index (χ0) is 32.1. The van der Waals surface area contributed by atoms with Gasteiger partial charge in [-0.25, -0.2) is 4.99 Å². The van der Waals surface area contributed by atoms with Gasteiger partial charge in [-0.05, 0) is 103 Å². The molecule has 49 heavy (non-hydrogen) atoms. The third kappa shape index (κ3) is 3.99. The largest absolute Gasteiger partial charge is 0.358 e. The summed E-state index contributed by atoms with van der Waals surface area (Å²) in [7, 11) is 0. The van der Waals surface area contributed by atoms with Crippen LogP contribution in [0.1, 0.15) is 11.7 Å². The van der Waals surface area contributed by atoms with Crippen molar-refractivity contribution < 1.29 is 0 Å². The molecular formula is C46H29N3. The van der Waals surface area contributed by atoms with E-state index in [0.717, 1.165) is 17.1 Å². The lowest BCUT2D eigenvalue weighted by molar-refractivity contribution is 0.779. The van der Waals surface area contributed by atoms with Gasteiger partial charge in [0, 0.05) is 16.3 Å². The summed E-state index contributed by atoms with van der Waals surface area (Å²) in [6.45, 7) is 0. The first kappa shape index (κ1) is 26.6. The van der Waals surface area contributed by atoms with E-state index in [-0.39, 0.29) is 6.17 Å². The molecule has 0 amide bonds. The molecule has 1 unspecified atom stereocenters. The van der Waals surface area contributed by atoms with Gasteiger partial charge in [0.2, 0.25) is 0 Å². The van der Waals surface area contributed by atoms with Crippen molar-refractivity contribution in [2.24, 2.45) is 4.99 Å². The highest BCUT2D eigenvalue weighted by atomic mass is 15.2. The maximum absolute atomic E-state index is 5.11. The summed E-state index contributed by atoms with van der Waals surface area (Å²) < 4.78 is 2.44. The van der Waals surface area contributed by atoms with E-state index in [2.05, 4.69) is 174 Å². The minimum Gasteiger partial charge on any atom is -0.358 e. The molecule has 11 rings (SSSR count). The van der Waals surface area contributed by atoms with Crippen LogP contribution in [0.4, 0.5) is 11.4 Å². The fourth-order valence-corrected chi connectivity index (χ4v) is 8.10. The summed E-state index contributed by atoms with van der Waals surface area (Å²) >= 11 is 0. The SMILES string of the molecule is c1cc(-c2ccc3cc(-c4ccc5ccccc5c4)ccc3c2)cc(-c2ccc3c(c2)c2cccc4c2n3C2Nc3ccccc3N=C42)c1. The summed E-state index contributed by atoms with van der Waals surface area (Å²) in [4.78, 5) is 5.11. The lowest BCUT2D eigenvalue weighted by Gasteiger charge is -2.25. The average Bonchev–Trinajstić information content (AvgIpc) is 3.68. The first-order valence-corrected chi connectivity index (χ1v) is 16.9. The van der Waals surface area contributed by atoms with Crippen LogP contribution in [0.15, 0.2) is 169 Å². The normalized spacial score (nSPS) is 14.6. The van der Waals surface area contributed by atoms with Gasteiger partial charge in [-0.3, -0.25) is 0 Å². The van der Waals surface area contributed by atoms with Crippen LogP contribution in [0.3, 0.4) is 0 Å². The molecule has 0 saturated carbocycles. The Balaban J connectivity index is 0.959. The minimum absolute atomic E-state index is 0.0157. The fraction of sp³-hybridized carbons (Fsp3) is 0.0217. The Hall–Kier alpha value is -6.45. The van der Waals surface area contributed by atoms with Crippen molar-refractivity contribution in [2.45, 2.75) is 6.17 Å². The number of hydrogen-bond acceptors (Lipinski definition) is 2. The van der Waals surface area contributed by atoms with Gasteiger partial charge in [-0.2, -0.15) is 0 Å². The Bertz CT molecular complexity index is 2870. The van der Waals surface area contributed by atoms with Crippen LogP contribution >= 0.6 is 0 Å². The quantitative estimate of drug-likeness (QED) is 0.208. The summed E-state index contributed by atoms with van der Waals surface area (Å²) in [5, 5.41) is 11.3. The highest BCUT2D eigenvalue weighted by Crippen LogP contribution is 2.46. The van der Waals surface area contributed by atoms with E-state index in [9.17, 15) is 0 Å². The van der Waals surface area contributed by atoms with Gasteiger partial charge >= 0.3 is 0 Å². The molecule has 3 heteroatoms. The minimum atomic E-state index is -0.0157. The Kier molecular flexibility index (Phi) is 5.44. The number of nitrogens with one attached hydrogen (secondary N) is 1. The van der Waals surface area contributed by atoms with E-state index in [0.29, 0.717) is 0 Å². The van der Waals surface area contributed by atoms with Crippen LogP contribution < -0.4 is 5.32 Å². The molecular weight excluding hydrogens is 595 g/mol.